The molecule has 8 atom stereocenters. The number of nitrogens with zero attached hydrogens (tertiary/aromatic N) is 10. The van der Waals surface area contributed by atoms with Gasteiger partial charge >= 0.3 is 260 Å². The maximum atomic E-state index is 12.4. The van der Waals surface area contributed by atoms with Gasteiger partial charge in [0.05, 0.1) is 0 Å². The van der Waals surface area contributed by atoms with Gasteiger partial charge in [0.25, 0.3) is 0 Å². The van der Waals surface area contributed by atoms with Gasteiger partial charge in [-0.3, -0.25) is 0 Å². The molecule has 7 heterocycles. The van der Waals surface area contributed by atoms with Crippen molar-refractivity contribution in [1.29, 1.82) is 0 Å². The van der Waals surface area contributed by atoms with E-state index in [-0.39, 0.29) is 34.1 Å². The fourth-order valence-electron chi connectivity index (χ4n) is 5.63. The van der Waals surface area contributed by atoms with Crippen LogP contribution in [-0.2, 0) is 27.6 Å². The summed E-state index contributed by atoms with van der Waals surface area (Å²) < 4.78 is 36.1. The molecular formula is C20H27N13O12P2. The molecule has 47 heavy (non-hydrogen) atoms. The zero-order chi connectivity index (χ0) is 33.2. The second-order valence-corrected chi connectivity index (χ2v) is 13.8. The molecular weight excluding hydrogens is 676 g/mol. The maximum absolute atomic E-state index is 12.4. The molecule has 4 aromatic heterocycles. The van der Waals surface area contributed by atoms with E-state index in [1.54, 1.807) is 0 Å². The minimum absolute atomic E-state index is 0.0475. The summed E-state index contributed by atoms with van der Waals surface area (Å²) in [5.74, 6) is -0.226. The molecule has 7 rings (SSSR count). The molecule has 0 aliphatic carbocycles. The van der Waals surface area contributed by atoms with Gasteiger partial charge in [0.15, 0.2) is 0 Å². The molecule has 254 valence electrons. The number of hydrogen-bond acceptors (Lipinski definition) is 20. The number of aliphatic hydroxyl groups excluding tert-OH is 1. The molecule has 25 nitrogen and oxygen atoms in total. The van der Waals surface area contributed by atoms with Crippen molar-refractivity contribution in [2.24, 2.45) is 5.11 Å². The Morgan fingerprint density at radius 3 is 2.28 bits per heavy atom. The monoisotopic (exact) mass is 703 g/mol. The van der Waals surface area contributed by atoms with Crippen LogP contribution in [0.25, 0.3) is 32.8 Å². The number of anilines is 2. The number of rotatable bonds is 3. The Morgan fingerprint density at radius 2 is 1.55 bits per heavy atom. The Kier molecular flexibility index (Phi) is 7.94. The number of aliphatic hydroxyl groups is 1. The molecule has 3 aliphatic heterocycles. The molecule has 0 saturated carbocycles. The van der Waals surface area contributed by atoms with Crippen molar-refractivity contribution < 1.29 is 52.2 Å². The summed E-state index contributed by atoms with van der Waals surface area (Å²) >= 11 is 0. The van der Waals surface area contributed by atoms with Crippen LogP contribution in [0.15, 0.2) is 28.9 Å². The van der Waals surface area contributed by atoms with Crippen LogP contribution in [0.3, 0.4) is 0 Å². The van der Waals surface area contributed by atoms with Gasteiger partial charge in [0, 0.05) is 0 Å². The van der Waals surface area contributed by atoms with Crippen molar-refractivity contribution in [3.63, 3.8) is 0 Å². The van der Waals surface area contributed by atoms with Gasteiger partial charge < -0.3 is 0 Å². The second-order valence-electron chi connectivity index (χ2n) is 10.6. The summed E-state index contributed by atoms with van der Waals surface area (Å²) in [5, 5.41) is 14.9. The molecule has 27 heteroatoms. The number of azide groups is 1. The van der Waals surface area contributed by atoms with Gasteiger partial charge in [-0.25, -0.2) is 0 Å². The van der Waals surface area contributed by atoms with E-state index in [4.69, 9.17) is 39.0 Å². The van der Waals surface area contributed by atoms with Gasteiger partial charge in [-0.2, -0.15) is 0 Å². The van der Waals surface area contributed by atoms with Crippen molar-refractivity contribution in [2.75, 3.05) is 24.7 Å². The molecule has 4 aromatic rings. The van der Waals surface area contributed by atoms with Crippen molar-refractivity contribution in [1.82, 2.24) is 39.0 Å². The molecule has 3 aliphatic rings. The van der Waals surface area contributed by atoms with E-state index in [1.807, 2.05) is 0 Å². The fraction of sp³-hybridized carbons (Fsp3) is 0.500. The molecule has 3 fully saturated rings. The van der Waals surface area contributed by atoms with Crippen molar-refractivity contribution in [2.45, 2.75) is 49.0 Å². The van der Waals surface area contributed by atoms with Crippen LogP contribution < -0.4 is 17.0 Å². The number of ether oxygens (including phenoxy) is 2. The molecule has 2 bridgehead atoms. The number of nitrogens with one attached hydrogen (secondary N) is 1. The van der Waals surface area contributed by atoms with Crippen LogP contribution in [-0.4, -0.2) is 113 Å². The van der Waals surface area contributed by atoms with Gasteiger partial charge in [0.2, 0.25) is 0 Å². The topological polar surface area (TPSA) is 364 Å². The van der Waals surface area contributed by atoms with E-state index in [9.17, 15) is 35.0 Å². The Hall–Kier alpha value is -3.77. The number of nitrogen functional groups attached to an aromatic ring is 2. The van der Waals surface area contributed by atoms with Gasteiger partial charge in [-0.05, 0) is 0 Å². The van der Waals surface area contributed by atoms with Crippen LogP contribution in [0.1, 0.15) is 12.5 Å². The van der Waals surface area contributed by atoms with Crippen molar-refractivity contribution in [3.8, 4) is 0 Å². The predicted octanol–water partition coefficient (Wildman–Crippen LogP) is -2.44. The summed E-state index contributed by atoms with van der Waals surface area (Å²) in [6.45, 7) is -1.46. The molecule has 0 unspecified atom stereocenters. The summed E-state index contributed by atoms with van der Waals surface area (Å²) in [6.07, 6.45) is -6.78. The average molecular weight is 703 g/mol. The van der Waals surface area contributed by atoms with E-state index in [2.05, 4.69) is 39.9 Å². The summed E-state index contributed by atoms with van der Waals surface area (Å²) in [4.78, 5) is 81.3. The van der Waals surface area contributed by atoms with Gasteiger partial charge in [-0.1, -0.05) is 0 Å². The van der Waals surface area contributed by atoms with Crippen LogP contribution >= 0.6 is 16.3 Å². The molecule has 0 radical (unpaired) electrons. The standard InChI is InChI=1S/C20H27N13O12P2/c21-14-9-15(25-3-24-14)32(4-26-9)18-11(34)12-7(43-18)2-41-47(38,39)45-13-8(30-31-23)6(1-40-46(36,37)44-12)42-19(13)33-5-27-10-16(33)28-20(22)29-17(10)35/h3-8,11-13,18-19,34,36-39,46-47H,1-2H2,(H2,21,24,25)(H3,22,28,29,35)/t6-,7-,8-,11-,12-,13-,18-,19-/m1/s1. The zero-order valence-corrected chi connectivity index (χ0v) is 25.5. The Balaban J connectivity index is 1.23. The number of H-pyrrole nitrogens is 1. The van der Waals surface area contributed by atoms with E-state index < -0.39 is 84.1 Å². The first-order chi connectivity index (χ1) is 22.4. The molecule has 3 saturated heterocycles. The first-order valence-corrected chi connectivity index (χ1v) is 17.0. The Labute approximate surface area is 260 Å². The number of hydrogen-bond donors (Lipinski definition) is 8. The van der Waals surface area contributed by atoms with Crippen LogP contribution in [0.2, 0.25) is 0 Å². The van der Waals surface area contributed by atoms with E-state index >= 15 is 0 Å². The second kappa shape index (κ2) is 11.7. The fourth-order valence-corrected chi connectivity index (χ4v) is 7.78. The van der Waals surface area contributed by atoms with Crippen LogP contribution in [0.5, 0.6) is 0 Å². The average Bonchev–Trinajstić information content (AvgIpc) is 3.76. The number of imidazole rings is 2. The van der Waals surface area contributed by atoms with Crippen LogP contribution in [0, 0.1) is 0 Å². The molecule has 0 aromatic carbocycles. The normalized spacial score (nSPS) is 33.6. The zero-order valence-electron chi connectivity index (χ0n) is 23.5. The number of aromatic nitrogens is 8. The molecule has 10 N–H and O–H groups in total. The first-order valence-electron chi connectivity index (χ1n) is 13.6. The summed E-state index contributed by atoms with van der Waals surface area (Å²) in [6, 6.07) is -1.42. The van der Waals surface area contributed by atoms with E-state index in [0.717, 1.165) is 12.7 Å². The van der Waals surface area contributed by atoms with Gasteiger partial charge in [0.1, 0.15) is 0 Å². The van der Waals surface area contributed by atoms with Crippen LogP contribution in [0.4, 0.5) is 11.8 Å². The quantitative estimate of drug-likeness (QED) is 0.0475. The Morgan fingerprint density at radius 1 is 0.915 bits per heavy atom. The Bertz CT molecular complexity index is 1930. The van der Waals surface area contributed by atoms with Crippen molar-refractivity contribution >= 4 is 50.4 Å². The van der Waals surface area contributed by atoms with E-state index in [1.165, 1.54) is 15.5 Å². The van der Waals surface area contributed by atoms with Gasteiger partial charge in [-0.15, -0.1) is 0 Å². The third kappa shape index (κ3) is 5.73. The summed E-state index contributed by atoms with van der Waals surface area (Å²) in [7, 11) is -10.4. The number of aromatic amines is 1. The number of fused-ring (bicyclic) bond motifs is 5. The third-order valence-electron chi connectivity index (χ3n) is 7.64. The predicted molar refractivity (Wildman–Crippen MR) is 156 cm³/mol. The summed E-state index contributed by atoms with van der Waals surface area (Å²) in [5.41, 5.74) is 20.3. The van der Waals surface area contributed by atoms with Crippen molar-refractivity contribution in [3.05, 3.63) is 39.8 Å². The molecule has 0 spiro atoms. The SMILES string of the molecule is [N-]=[N+]=N[C@H]1[C@H]2O[PH](O)(O)OC[C@H]3O[C@@H](n4cnc5c(N)ncnc54)[C@H](O)[C@@H]3O[PH](O)(O)OC[C@H]1O[C@H]2n1cnc2c(=O)[nH]c(N)nc21. The van der Waals surface area contributed by atoms with E-state index in [0.29, 0.717) is 0 Å². The third-order valence-corrected chi connectivity index (χ3v) is 9.89. The number of nitrogens with two attached hydrogens (primary N) is 2. The molecule has 0 amide bonds. The minimum atomic E-state index is -5.25. The first kappa shape index (κ1) is 31.8.